The van der Waals surface area contributed by atoms with E-state index in [1.165, 1.54) is 0 Å². The highest BCUT2D eigenvalue weighted by Gasteiger charge is 2.16. The third kappa shape index (κ3) is 2.80. The third-order valence-electron chi connectivity index (χ3n) is 3.09. The molecule has 16 heavy (non-hydrogen) atoms. The van der Waals surface area contributed by atoms with Crippen molar-refractivity contribution in [1.29, 1.82) is 0 Å². The molecule has 2 heterocycles. The fourth-order valence-corrected chi connectivity index (χ4v) is 1.78. The van der Waals surface area contributed by atoms with E-state index in [4.69, 9.17) is 4.52 Å². The summed E-state index contributed by atoms with van der Waals surface area (Å²) < 4.78 is 5.26. The zero-order valence-electron chi connectivity index (χ0n) is 10.1. The Balaban J connectivity index is 1.91. The summed E-state index contributed by atoms with van der Waals surface area (Å²) in [5.41, 5.74) is 0. The standard InChI is InChI=1S/C11H20N4O/c1-3-9(2)11-13-10(14-16-11)8-15-6-4-12-5-7-15/h9,12H,3-8H2,1-2H3. The van der Waals surface area contributed by atoms with E-state index < -0.39 is 0 Å². The zero-order valence-corrected chi connectivity index (χ0v) is 10.1. The molecule has 0 saturated carbocycles. The second-order valence-corrected chi connectivity index (χ2v) is 4.38. The van der Waals surface area contributed by atoms with E-state index in [1.807, 2.05) is 0 Å². The largest absolute Gasteiger partial charge is 0.339 e. The number of nitrogens with zero attached hydrogens (tertiary/aromatic N) is 3. The summed E-state index contributed by atoms with van der Waals surface area (Å²) in [6, 6.07) is 0. The normalized spacial score (nSPS) is 19.9. The first kappa shape index (κ1) is 11.5. The number of piperazine rings is 1. The first-order valence-corrected chi connectivity index (χ1v) is 6.05. The molecule has 1 aliphatic heterocycles. The monoisotopic (exact) mass is 224 g/mol. The minimum Gasteiger partial charge on any atom is -0.339 e. The van der Waals surface area contributed by atoms with Gasteiger partial charge in [-0.15, -0.1) is 0 Å². The van der Waals surface area contributed by atoms with Crippen LogP contribution in [0.25, 0.3) is 0 Å². The molecule has 1 saturated heterocycles. The number of hydrogen-bond acceptors (Lipinski definition) is 5. The Morgan fingerprint density at radius 3 is 2.88 bits per heavy atom. The van der Waals surface area contributed by atoms with Crippen molar-refractivity contribution in [2.45, 2.75) is 32.7 Å². The molecule has 1 aliphatic rings. The second kappa shape index (κ2) is 5.41. The van der Waals surface area contributed by atoms with E-state index >= 15 is 0 Å². The van der Waals surface area contributed by atoms with E-state index in [2.05, 4.69) is 34.2 Å². The Morgan fingerprint density at radius 1 is 1.44 bits per heavy atom. The number of rotatable bonds is 4. The maximum Gasteiger partial charge on any atom is 0.229 e. The van der Waals surface area contributed by atoms with Crippen LogP contribution >= 0.6 is 0 Å². The van der Waals surface area contributed by atoms with Crippen molar-refractivity contribution in [3.05, 3.63) is 11.7 Å². The molecule has 2 rings (SSSR count). The Bertz CT molecular complexity index is 320. The fraction of sp³-hybridized carbons (Fsp3) is 0.818. The predicted octanol–water partition coefficient (Wildman–Crippen LogP) is 0.988. The zero-order chi connectivity index (χ0) is 11.4. The molecule has 5 heteroatoms. The van der Waals surface area contributed by atoms with Gasteiger partial charge in [-0.3, -0.25) is 4.90 Å². The van der Waals surface area contributed by atoms with Gasteiger partial charge in [0.05, 0.1) is 6.54 Å². The summed E-state index contributed by atoms with van der Waals surface area (Å²) in [4.78, 5) is 6.78. The summed E-state index contributed by atoms with van der Waals surface area (Å²) >= 11 is 0. The first-order chi connectivity index (χ1) is 7.79. The van der Waals surface area contributed by atoms with Gasteiger partial charge in [0.2, 0.25) is 5.89 Å². The van der Waals surface area contributed by atoms with Crippen LogP contribution < -0.4 is 5.32 Å². The van der Waals surface area contributed by atoms with Gasteiger partial charge < -0.3 is 9.84 Å². The quantitative estimate of drug-likeness (QED) is 0.826. The smallest absolute Gasteiger partial charge is 0.229 e. The lowest BCUT2D eigenvalue weighted by atomic mass is 10.1. The molecule has 1 N–H and O–H groups in total. The van der Waals surface area contributed by atoms with Crippen molar-refractivity contribution >= 4 is 0 Å². The summed E-state index contributed by atoms with van der Waals surface area (Å²) in [6.45, 7) is 9.28. The van der Waals surface area contributed by atoms with Crippen molar-refractivity contribution in [2.75, 3.05) is 26.2 Å². The van der Waals surface area contributed by atoms with E-state index in [1.54, 1.807) is 0 Å². The van der Waals surface area contributed by atoms with Crippen molar-refractivity contribution in [2.24, 2.45) is 0 Å². The van der Waals surface area contributed by atoms with Crippen LogP contribution in [-0.4, -0.2) is 41.2 Å². The number of nitrogens with one attached hydrogen (secondary N) is 1. The third-order valence-corrected chi connectivity index (χ3v) is 3.09. The predicted molar refractivity (Wildman–Crippen MR) is 61.2 cm³/mol. The fourth-order valence-electron chi connectivity index (χ4n) is 1.78. The van der Waals surface area contributed by atoms with Gasteiger partial charge in [-0.25, -0.2) is 0 Å². The van der Waals surface area contributed by atoms with Crippen LogP contribution in [0.4, 0.5) is 0 Å². The Kier molecular flexibility index (Phi) is 3.90. The highest BCUT2D eigenvalue weighted by Crippen LogP contribution is 2.16. The highest BCUT2D eigenvalue weighted by atomic mass is 16.5. The van der Waals surface area contributed by atoms with E-state index in [0.29, 0.717) is 5.92 Å². The Morgan fingerprint density at radius 2 is 2.19 bits per heavy atom. The summed E-state index contributed by atoms with van der Waals surface area (Å²) in [7, 11) is 0. The van der Waals surface area contributed by atoms with Gasteiger partial charge in [-0.2, -0.15) is 4.98 Å². The van der Waals surface area contributed by atoms with Crippen LogP contribution in [0.2, 0.25) is 0 Å². The van der Waals surface area contributed by atoms with Crippen LogP contribution in [0.5, 0.6) is 0 Å². The number of hydrogen-bond donors (Lipinski definition) is 1. The summed E-state index contributed by atoms with van der Waals surface area (Å²) in [6.07, 6.45) is 1.04. The first-order valence-electron chi connectivity index (χ1n) is 6.05. The maximum atomic E-state index is 5.26. The van der Waals surface area contributed by atoms with Crippen LogP contribution in [0.15, 0.2) is 4.52 Å². The van der Waals surface area contributed by atoms with Crippen LogP contribution in [-0.2, 0) is 6.54 Å². The molecule has 0 spiro atoms. The van der Waals surface area contributed by atoms with Gasteiger partial charge >= 0.3 is 0 Å². The van der Waals surface area contributed by atoms with E-state index in [9.17, 15) is 0 Å². The molecule has 0 aliphatic carbocycles. The molecule has 5 nitrogen and oxygen atoms in total. The molecule has 1 aromatic rings. The average molecular weight is 224 g/mol. The van der Waals surface area contributed by atoms with Gasteiger partial charge in [-0.1, -0.05) is 19.0 Å². The van der Waals surface area contributed by atoms with E-state index in [-0.39, 0.29) is 0 Å². The van der Waals surface area contributed by atoms with Gasteiger partial charge in [-0.05, 0) is 6.42 Å². The van der Waals surface area contributed by atoms with Crippen LogP contribution in [0, 0.1) is 0 Å². The van der Waals surface area contributed by atoms with Crippen molar-refractivity contribution in [3.8, 4) is 0 Å². The molecule has 0 bridgehead atoms. The molecule has 1 aromatic heterocycles. The Labute approximate surface area is 96.2 Å². The molecule has 1 fully saturated rings. The molecular formula is C11H20N4O. The van der Waals surface area contributed by atoms with Gasteiger partial charge in [0.15, 0.2) is 5.82 Å². The topological polar surface area (TPSA) is 54.2 Å². The minimum absolute atomic E-state index is 0.365. The maximum absolute atomic E-state index is 5.26. The molecule has 1 atom stereocenters. The highest BCUT2D eigenvalue weighted by molar-refractivity contribution is 4.92. The van der Waals surface area contributed by atoms with Gasteiger partial charge in [0.1, 0.15) is 0 Å². The summed E-state index contributed by atoms with van der Waals surface area (Å²) in [5, 5.41) is 7.36. The molecule has 1 unspecified atom stereocenters. The van der Waals surface area contributed by atoms with Crippen molar-refractivity contribution in [3.63, 3.8) is 0 Å². The van der Waals surface area contributed by atoms with Crippen molar-refractivity contribution in [1.82, 2.24) is 20.4 Å². The SMILES string of the molecule is CCC(C)c1nc(CN2CCNCC2)no1. The van der Waals surface area contributed by atoms with Crippen molar-refractivity contribution < 1.29 is 4.52 Å². The number of aromatic nitrogens is 2. The Hall–Kier alpha value is -0.940. The molecule has 0 aromatic carbocycles. The second-order valence-electron chi connectivity index (χ2n) is 4.38. The average Bonchev–Trinajstić information content (AvgIpc) is 2.78. The molecular weight excluding hydrogens is 204 g/mol. The van der Waals surface area contributed by atoms with Gasteiger partial charge in [0, 0.05) is 32.1 Å². The van der Waals surface area contributed by atoms with Crippen LogP contribution in [0.3, 0.4) is 0 Å². The van der Waals surface area contributed by atoms with Gasteiger partial charge in [0.25, 0.3) is 0 Å². The molecule has 90 valence electrons. The molecule has 0 radical (unpaired) electrons. The van der Waals surface area contributed by atoms with Crippen LogP contribution in [0.1, 0.15) is 37.9 Å². The lowest BCUT2D eigenvalue weighted by Crippen LogP contribution is -2.43. The summed E-state index contributed by atoms with van der Waals surface area (Å²) in [5.74, 6) is 1.95. The lowest BCUT2D eigenvalue weighted by molar-refractivity contribution is 0.224. The lowest BCUT2D eigenvalue weighted by Gasteiger charge is -2.25. The minimum atomic E-state index is 0.365. The van der Waals surface area contributed by atoms with E-state index in [0.717, 1.165) is 50.9 Å². The molecule has 0 amide bonds.